The zero-order valence-electron chi connectivity index (χ0n) is 52.5. The molecule has 0 bridgehead atoms. The molecule has 3 aliphatic rings. The Hall–Kier alpha value is -7.56. The van der Waals surface area contributed by atoms with Crippen molar-refractivity contribution in [1.82, 2.24) is 0 Å². The van der Waals surface area contributed by atoms with Crippen molar-refractivity contribution < 1.29 is 6.85 Å². The monoisotopic (exact) mass is 1010 g/mol. The van der Waals surface area contributed by atoms with Crippen LogP contribution in [0, 0.1) is 0 Å². The van der Waals surface area contributed by atoms with E-state index in [1.54, 1.807) is 0 Å². The fraction of sp³-hybridized carbons (Fsp3) is 0.260. The quantitative estimate of drug-likeness (QED) is 0.154. The van der Waals surface area contributed by atoms with Gasteiger partial charge in [0.1, 0.15) is 0 Å². The van der Waals surface area contributed by atoms with E-state index < -0.39 is 18.1 Å². The van der Waals surface area contributed by atoms with Crippen molar-refractivity contribution in [3.63, 3.8) is 0 Å². The fourth-order valence-electron chi connectivity index (χ4n) is 12.3. The van der Waals surface area contributed by atoms with Gasteiger partial charge in [0.2, 0.25) is 0 Å². The Balaban J connectivity index is 1.21. The SMILES string of the molecule is [2H]c1c([2H])c([2H])c(N(c2ccc3c(c2)N(c2ccc4c(c2)C(C)(C)c2ccccc2-4)c2cc(C(C)(C)C)cc4c2B3c2cc(C(C)(C)C)ccc2N4c2ccc(C(C)(C)C)cc2)c2ccc(C(C)(C)C)cc2-c2ccccc2)c([2H])c1[2H]. The van der Waals surface area contributed by atoms with E-state index in [2.05, 4.69) is 252 Å². The highest BCUT2D eigenvalue weighted by atomic mass is 15.2. The molecule has 2 heterocycles. The van der Waals surface area contributed by atoms with Crippen LogP contribution in [0.1, 0.15) is 137 Å². The van der Waals surface area contributed by atoms with Crippen molar-refractivity contribution in [3.05, 3.63) is 227 Å². The summed E-state index contributed by atoms with van der Waals surface area (Å²) in [4.78, 5) is 6.91. The van der Waals surface area contributed by atoms with Crippen LogP contribution in [-0.4, -0.2) is 6.71 Å². The van der Waals surface area contributed by atoms with Gasteiger partial charge >= 0.3 is 0 Å². The van der Waals surface area contributed by atoms with Gasteiger partial charge in [0.05, 0.1) is 12.5 Å². The summed E-state index contributed by atoms with van der Waals surface area (Å²) in [6.07, 6.45) is 0. The molecular weight excluding hydrogens is 930 g/mol. The minimum Gasteiger partial charge on any atom is -0.311 e. The number of benzene rings is 9. The van der Waals surface area contributed by atoms with Gasteiger partial charge in [-0.2, -0.15) is 0 Å². The van der Waals surface area contributed by atoms with Crippen molar-refractivity contribution >= 4 is 74.3 Å². The smallest absolute Gasteiger partial charge is 0.252 e. The average Bonchev–Trinajstić information content (AvgIpc) is 2.14. The maximum atomic E-state index is 9.73. The normalized spacial score (nSPS) is 15.3. The summed E-state index contributed by atoms with van der Waals surface area (Å²) in [5.74, 6) is 0. The fourth-order valence-corrected chi connectivity index (χ4v) is 12.3. The van der Waals surface area contributed by atoms with E-state index in [-0.39, 0.29) is 51.6 Å². The number of hydrogen-bond donors (Lipinski definition) is 0. The van der Waals surface area contributed by atoms with Crippen LogP contribution in [0.25, 0.3) is 22.3 Å². The maximum absolute atomic E-state index is 9.73. The van der Waals surface area contributed by atoms with Crippen molar-refractivity contribution in [3.8, 4) is 22.3 Å². The van der Waals surface area contributed by atoms with Gasteiger partial charge in [-0.25, -0.2) is 0 Å². The molecule has 0 atom stereocenters. The molecule has 4 heteroatoms. The van der Waals surface area contributed by atoms with E-state index in [4.69, 9.17) is 1.37 Å². The number of fused-ring (bicyclic) bond motifs is 7. The second-order valence-corrected chi connectivity index (χ2v) is 26.4. The van der Waals surface area contributed by atoms with Crippen LogP contribution in [0.15, 0.2) is 194 Å². The third-order valence-electron chi connectivity index (χ3n) is 16.8. The molecule has 0 N–H and O–H groups in total. The molecular formula is C73H74BN3. The first-order valence-electron chi connectivity index (χ1n) is 30.0. The molecule has 0 aromatic heterocycles. The van der Waals surface area contributed by atoms with Gasteiger partial charge in [-0.1, -0.05) is 212 Å². The first-order valence-corrected chi connectivity index (χ1v) is 27.5. The largest absolute Gasteiger partial charge is 0.311 e. The highest BCUT2D eigenvalue weighted by molar-refractivity contribution is 7.00. The van der Waals surface area contributed by atoms with Crippen LogP contribution in [0.3, 0.4) is 0 Å². The number of para-hydroxylation sites is 1. The lowest BCUT2D eigenvalue weighted by Gasteiger charge is -2.46. The summed E-state index contributed by atoms with van der Waals surface area (Å²) in [7, 11) is 0. The van der Waals surface area contributed by atoms with Crippen LogP contribution >= 0.6 is 0 Å². The van der Waals surface area contributed by atoms with Gasteiger partial charge in [0, 0.05) is 56.5 Å². The van der Waals surface area contributed by atoms with Crippen molar-refractivity contribution in [2.45, 2.75) is 124 Å². The number of anilines is 9. The molecule has 2 aliphatic heterocycles. The van der Waals surface area contributed by atoms with E-state index in [1.807, 2.05) is 23.1 Å². The number of nitrogens with zero attached hydrogens (tertiary/aromatic N) is 3. The molecule has 384 valence electrons. The zero-order valence-corrected chi connectivity index (χ0v) is 47.5. The van der Waals surface area contributed by atoms with Gasteiger partial charge in [-0.05, 0) is 167 Å². The first kappa shape index (κ1) is 44.6. The Morgan fingerprint density at radius 2 is 0.987 bits per heavy atom. The zero-order chi connectivity index (χ0) is 58.5. The minimum absolute atomic E-state index is 0.0255. The molecule has 12 rings (SSSR count). The minimum atomic E-state index is -0.435. The Kier molecular flexibility index (Phi) is 10.3. The van der Waals surface area contributed by atoms with E-state index in [0.29, 0.717) is 11.4 Å². The van der Waals surface area contributed by atoms with E-state index in [0.717, 1.165) is 56.3 Å². The Morgan fingerprint density at radius 3 is 1.65 bits per heavy atom. The first-order chi connectivity index (χ1) is 38.5. The average molecular weight is 1010 g/mol. The molecule has 77 heavy (non-hydrogen) atoms. The molecule has 9 aromatic rings. The Bertz CT molecular complexity index is 4050. The lowest BCUT2D eigenvalue weighted by molar-refractivity contribution is 0.589. The lowest BCUT2D eigenvalue weighted by atomic mass is 9.33. The Morgan fingerprint density at radius 1 is 0.416 bits per heavy atom. The summed E-state index contributed by atoms with van der Waals surface area (Å²) < 4.78 is 46.6. The summed E-state index contributed by atoms with van der Waals surface area (Å²) in [6.45, 7) is 31.6. The molecule has 0 saturated carbocycles. The van der Waals surface area contributed by atoms with Crippen LogP contribution in [0.5, 0.6) is 0 Å². The third-order valence-corrected chi connectivity index (χ3v) is 16.8. The van der Waals surface area contributed by atoms with E-state index >= 15 is 0 Å². The van der Waals surface area contributed by atoms with Gasteiger partial charge in [-0.3, -0.25) is 0 Å². The number of rotatable bonds is 6. The summed E-state index contributed by atoms with van der Waals surface area (Å²) >= 11 is 0. The molecule has 1 aliphatic carbocycles. The van der Waals surface area contributed by atoms with Crippen molar-refractivity contribution in [1.29, 1.82) is 0 Å². The second-order valence-electron chi connectivity index (χ2n) is 26.4. The van der Waals surface area contributed by atoms with E-state index in [9.17, 15) is 5.48 Å². The van der Waals surface area contributed by atoms with Gasteiger partial charge in [0.15, 0.2) is 0 Å². The lowest BCUT2D eigenvalue weighted by Crippen LogP contribution is -2.61. The molecule has 0 fully saturated rings. The van der Waals surface area contributed by atoms with Crippen LogP contribution < -0.4 is 31.1 Å². The molecule has 9 aromatic carbocycles. The van der Waals surface area contributed by atoms with Crippen LogP contribution in [0.4, 0.5) is 51.2 Å². The predicted octanol–water partition coefficient (Wildman–Crippen LogP) is 18.4. The predicted molar refractivity (Wildman–Crippen MR) is 333 cm³/mol. The van der Waals surface area contributed by atoms with E-state index in [1.165, 1.54) is 49.9 Å². The highest BCUT2D eigenvalue weighted by Crippen LogP contribution is 2.53. The molecule has 0 amide bonds. The van der Waals surface area contributed by atoms with Crippen LogP contribution in [-0.2, 0) is 27.1 Å². The van der Waals surface area contributed by atoms with Gasteiger partial charge < -0.3 is 14.7 Å². The molecule has 0 spiro atoms. The molecule has 3 nitrogen and oxygen atoms in total. The Labute approximate surface area is 467 Å². The molecule has 0 radical (unpaired) electrons. The van der Waals surface area contributed by atoms with Crippen LogP contribution in [0.2, 0.25) is 0 Å². The number of hydrogen-bond acceptors (Lipinski definition) is 3. The summed E-state index contributed by atoms with van der Waals surface area (Å²) in [5, 5.41) is 0. The topological polar surface area (TPSA) is 9.72 Å². The van der Waals surface area contributed by atoms with Crippen molar-refractivity contribution in [2.24, 2.45) is 0 Å². The molecule has 0 unspecified atom stereocenters. The summed E-state index contributed by atoms with van der Waals surface area (Å²) in [5.41, 5.74) is 22.1. The highest BCUT2D eigenvalue weighted by Gasteiger charge is 2.46. The standard InChI is InChI=1S/C73H74BN3/c1-69(2,3)48-29-33-53(34-30-48)76-64-40-32-50(71(7,8)9)42-62(64)74-61-38-36-55(75(52-25-19-16-20-26-52)63-39-31-49(70(4,5)6)41-58(63)47-23-17-15-18-24-47)46-65(61)77(67-44-51(72(10,11)12)43-66(76)68(67)74)54-35-37-57-56-27-21-22-28-59(56)73(13,14)60(57)45-54/h15-46H,1-14H3/i16D,19D,20D,25D,26D. The third kappa shape index (κ3) is 8.42. The molecule has 0 saturated heterocycles. The van der Waals surface area contributed by atoms with Crippen molar-refractivity contribution in [2.75, 3.05) is 14.7 Å². The van der Waals surface area contributed by atoms with Gasteiger partial charge in [-0.15, -0.1) is 0 Å². The second kappa shape index (κ2) is 17.7. The maximum Gasteiger partial charge on any atom is 0.252 e. The summed E-state index contributed by atoms with van der Waals surface area (Å²) in [6, 6.07) is 58.4. The van der Waals surface area contributed by atoms with Gasteiger partial charge in [0.25, 0.3) is 6.71 Å².